The van der Waals surface area contributed by atoms with Crippen molar-refractivity contribution in [3.63, 3.8) is 0 Å². The van der Waals surface area contributed by atoms with Crippen molar-refractivity contribution in [2.24, 2.45) is 5.73 Å². The largest absolute Gasteiger partial charge is 0.380 e. The van der Waals surface area contributed by atoms with Gasteiger partial charge in [-0.15, -0.1) is 11.3 Å². The second kappa shape index (κ2) is 10.2. The Hall–Kier alpha value is -0.530. The summed E-state index contributed by atoms with van der Waals surface area (Å²) in [6, 6.07) is 0.00838. The fraction of sp³-hybridized carbons (Fsp3) is 0.786. The van der Waals surface area contributed by atoms with Gasteiger partial charge in [-0.3, -0.25) is 4.90 Å². The van der Waals surface area contributed by atoms with Crippen molar-refractivity contribution in [2.75, 3.05) is 39.5 Å². The second-order valence-electron chi connectivity index (χ2n) is 4.64. The molecule has 20 heavy (non-hydrogen) atoms. The van der Waals surface area contributed by atoms with E-state index >= 15 is 0 Å². The standard InChI is InChI=1S/C14H27N3O2S/c1-4-18-8-6-17(7-9-19-5-2)10-13-11-20-14(16-13)12(3)15/h11-12H,4-10,15H2,1-3H3. The van der Waals surface area contributed by atoms with E-state index in [1.165, 1.54) is 0 Å². The van der Waals surface area contributed by atoms with Gasteiger partial charge in [-0.25, -0.2) is 4.98 Å². The number of aromatic nitrogens is 1. The Labute approximate surface area is 126 Å². The Bertz CT molecular complexity index is 348. The van der Waals surface area contributed by atoms with Crippen LogP contribution in [0.1, 0.15) is 37.5 Å². The van der Waals surface area contributed by atoms with Crippen LogP contribution < -0.4 is 5.73 Å². The predicted molar refractivity (Wildman–Crippen MR) is 83.0 cm³/mol. The minimum atomic E-state index is 0.00838. The van der Waals surface area contributed by atoms with Crippen LogP contribution in [0, 0.1) is 0 Å². The molecule has 0 aromatic carbocycles. The highest BCUT2D eigenvalue weighted by molar-refractivity contribution is 7.09. The highest BCUT2D eigenvalue weighted by Gasteiger charge is 2.10. The highest BCUT2D eigenvalue weighted by Crippen LogP contribution is 2.16. The van der Waals surface area contributed by atoms with E-state index in [2.05, 4.69) is 15.3 Å². The summed E-state index contributed by atoms with van der Waals surface area (Å²) in [7, 11) is 0. The third-order valence-electron chi connectivity index (χ3n) is 2.86. The molecular formula is C14H27N3O2S. The molecule has 0 spiro atoms. The van der Waals surface area contributed by atoms with Gasteiger partial charge < -0.3 is 15.2 Å². The van der Waals surface area contributed by atoms with Crippen molar-refractivity contribution in [3.05, 3.63) is 16.1 Å². The van der Waals surface area contributed by atoms with E-state index in [-0.39, 0.29) is 6.04 Å². The molecule has 1 heterocycles. The van der Waals surface area contributed by atoms with Crippen molar-refractivity contribution in [1.29, 1.82) is 0 Å². The Kier molecular flexibility index (Phi) is 8.97. The third-order valence-corrected chi connectivity index (χ3v) is 3.95. The summed E-state index contributed by atoms with van der Waals surface area (Å²) in [5.74, 6) is 0. The molecule has 5 nitrogen and oxygen atoms in total. The van der Waals surface area contributed by atoms with Crippen LogP contribution in [0.25, 0.3) is 0 Å². The zero-order valence-electron chi connectivity index (χ0n) is 12.8. The first-order chi connectivity index (χ1) is 9.67. The van der Waals surface area contributed by atoms with Crippen LogP contribution in [-0.2, 0) is 16.0 Å². The zero-order chi connectivity index (χ0) is 14.8. The maximum Gasteiger partial charge on any atom is 0.109 e. The van der Waals surface area contributed by atoms with Crippen LogP contribution in [0.2, 0.25) is 0 Å². The van der Waals surface area contributed by atoms with Gasteiger partial charge in [0.1, 0.15) is 5.01 Å². The lowest BCUT2D eigenvalue weighted by atomic mass is 10.3. The minimum Gasteiger partial charge on any atom is -0.380 e. The average molecular weight is 301 g/mol. The van der Waals surface area contributed by atoms with Gasteiger partial charge >= 0.3 is 0 Å². The average Bonchev–Trinajstić information content (AvgIpc) is 2.88. The number of hydrogen-bond acceptors (Lipinski definition) is 6. The zero-order valence-corrected chi connectivity index (χ0v) is 13.6. The topological polar surface area (TPSA) is 60.6 Å². The first-order valence-electron chi connectivity index (χ1n) is 7.25. The molecule has 0 saturated heterocycles. The maximum atomic E-state index is 5.85. The Morgan fingerprint density at radius 2 is 1.85 bits per heavy atom. The second-order valence-corrected chi connectivity index (χ2v) is 5.53. The monoisotopic (exact) mass is 301 g/mol. The molecule has 0 bridgehead atoms. The molecule has 2 N–H and O–H groups in total. The molecule has 1 rings (SSSR count). The molecule has 1 unspecified atom stereocenters. The molecule has 0 fully saturated rings. The van der Waals surface area contributed by atoms with E-state index in [0.29, 0.717) is 0 Å². The molecule has 1 aromatic heterocycles. The normalized spacial score (nSPS) is 13.1. The minimum absolute atomic E-state index is 0.00838. The Morgan fingerprint density at radius 1 is 1.25 bits per heavy atom. The van der Waals surface area contributed by atoms with E-state index in [0.717, 1.165) is 56.8 Å². The van der Waals surface area contributed by atoms with Crippen LogP contribution in [0.4, 0.5) is 0 Å². The molecular weight excluding hydrogens is 274 g/mol. The summed E-state index contributed by atoms with van der Waals surface area (Å²) in [4.78, 5) is 6.89. The van der Waals surface area contributed by atoms with E-state index < -0.39 is 0 Å². The van der Waals surface area contributed by atoms with Crippen LogP contribution >= 0.6 is 11.3 Å². The number of ether oxygens (including phenoxy) is 2. The molecule has 0 amide bonds. The van der Waals surface area contributed by atoms with Gasteiger partial charge in [0.25, 0.3) is 0 Å². The van der Waals surface area contributed by atoms with Gasteiger partial charge in [-0.05, 0) is 20.8 Å². The lowest BCUT2D eigenvalue weighted by Crippen LogP contribution is -2.31. The van der Waals surface area contributed by atoms with Crippen molar-refractivity contribution in [1.82, 2.24) is 9.88 Å². The summed E-state index contributed by atoms with van der Waals surface area (Å²) >= 11 is 1.63. The molecule has 0 saturated carbocycles. The summed E-state index contributed by atoms with van der Waals surface area (Å²) in [6.07, 6.45) is 0. The summed E-state index contributed by atoms with van der Waals surface area (Å²) in [5, 5.41) is 3.09. The summed E-state index contributed by atoms with van der Waals surface area (Å²) in [5.41, 5.74) is 6.93. The number of thiazole rings is 1. The van der Waals surface area contributed by atoms with E-state index in [9.17, 15) is 0 Å². The molecule has 0 aliphatic carbocycles. The smallest absolute Gasteiger partial charge is 0.109 e. The molecule has 1 aromatic rings. The van der Waals surface area contributed by atoms with Gasteiger partial charge in [0.05, 0.1) is 24.9 Å². The van der Waals surface area contributed by atoms with Gasteiger partial charge in [0.15, 0.2) is 0 Å². The van der Waals surface area contributed by atoms with Crippen molar-refractivity contribution in [3.8, 4) is 0 Å². The van der Waals surface area contributed by atoms with Gasteiger partial charge in [0, 0.05) is 38.2 Å². The first kappa shape index (κ1) is 17.5. The highest BCUT2D eigenvalue weighted by atomic mass is 32.1. The van der Waals surface area contributed by atoms with Crippen molar-refractivity contribution in [2.45, 2.75) is 33.4 Å². The number of nitrogens with two attached hydrogens (primary N) is 1. The van der Waals surface area contributed by atoms with Gasteiger partial charge in [-0.1, -0.05) is 0 Å². The molecule has 1 atom stereocenters. The number of hydrogen-bond donors (Lipinski definition) is 1. The van der Waals surface area contributed by atoms with Crippen molar-refractivity contribution < 1.29 is 9.47 Å². The molecule has 0 aliphatic rings. The lowest BCUT2D eigenvalue weighted by Gasteiger charge is -2.21. The Morgan fingerprint density at radius 3 is 2.30 bits per heavy atom. The van der Waals surface area contributed by atoms with E-state index in [1.807, 2.05) is 20.8 Å². The van der Waals surface area contributed by atoms with Gasteiger partial charge in [0.2, 0.25) is 0 Å². The van der Waals surface area contributed by atoms with Crippen LogP contribution in [0.3, 0.4) is 0 Å². The van der Waals surface area contributed by atoms with E-state index in [4.69, 9.17) is 15.2 Å². The SMILES string of the molecule is CCOCCN(CCOCC)Cc1csc(C(C)N)n1. The molecule has 6 heteroatoms. The number of rotatable bonds is 11. The fourth-order valence-corrected chi connectivity index (χ4v) is 2.55. The van der Waals surface area contributed by atoms with Crippen LogP contribution in [0.5, 0.6) is 0 Å². The maximum absolute atomic E-state index is 5.85. The van der Waals surface area contributed by atoms with Crippen molar-refractivity contribution >= 4 is 11.3 Å². The fourth-order valence-electron chi connectivity index (χ4n) is 1.78. The summed E-state index contributed by atoms with van der Waals surface area (Å²) < 4.78 is 10.9. The van der Waals surface area contributed by atoms with Crippen LogP contribution in [-0.4, -0.2) is 49.4 Å². The number of nitrogens with zero attached hydrogens (tertiary/aromatic N) is 2. The first-order valence-corrected chi connectivity index (χ1v) is 8.13. The quantitative estimate of drug-likeness (QED) is 0.634. The van der Waals surface area contributed by atoms with E-state index in [1.54, 1.807) is 11.3 Å². The summed E-state index contributed by atoms with van der Waals surface area (Å²) in [6.45, 7) is 11.6. The Balaban J connectivity index is 2.47. The third kappa shape index (κ3) is 6.76. The van der Waals surface area contributed by atoms with Crippen LogP contribution in [0.15, 0.2) is 5.38 Å². The predicted octanol–water partition coefficient (Wildman–Crippen LogP) is 2.04. The van der Waals surface area contributed by atoms with Gasteiger partial charge in [-0.2, -0.15) is 0 Å². The lowest BCUT2D eigenvalue weighted by molar-refractivity contribution is 0.0793. The molecule has 0 aliphatic heterocycles. The molecule has 116 valence electrons. The molecule has 0 radical (unpaired) electrons.